The first-order chi connectivity index (χ1) is 8.22. The monoisotopic (exact) mass is 406 g/mol. The molecular weight excluding hydrogens is 396 g/mol. The summed E-state index contributed by atoms with van der Waals surface area (Å²) in [6.45, 7) is 0. The van der Waals surface area contributed by atoms with Crippen molar-refractivity contribution in [2.75, 3.05) is 0 Å². The quantitative estimate of drug-likeness (QED) is 0.438. The van der Waals surface area contributed by atoms with E-state index in [2.05, 4.69) is 0 Å². The maximum absolute atomic E-state index is 13.9. The third-order valence-corrected chi connectivity index (χ3v) is 4.31. The summed E-state index contributed by atoms with van der Waals surface area (Å²) in [5, 5.41) is 0. The average molecular weight is 408 g/mol. The molecule has 6 heteroatoms. The molecule has 0 amide bonds. The number of halogens is 4. The van der Waals surface area contributed by atoms with Crippen molar-refractivity contribution in [3.63, 3.8) is 0 Å². The molecule has 2 aromatic rings. The smallest absolute Gasteiger partial charge is 1.00 e. The van der Waals surface area contributed by atoms with Gasteiger partial charge in [-0.1, -0.05) is 24.2 Å². The Kier molecular flexibility index (Phi) is 7.83. The fourth-order valence-corrected chi connectivity index (χ4v) is 3.62. The van der Waals surface area contributed by atoms with Crippen LogP contribution in [0.4, 0.5) is 8.78 Å². The minimum Gasteiger partial charge on any atom is -1.00 e. The zero-order valence-electron chi connectivity index (χ0n) is 10.8. The van der Waals surface area contributed by atoms with Gasteiger partial charge in [0.05, 0.1) is 0 Å². The molecule has 0 fully saturated rings. The maximum Gasteiger partial charge on any atom is 2.00 e. The third-order valence-electron chi connectivity index (χ3n) is 3.49. The maximum atomic E-state index is 13.9. The van der Waals surface area contributed by atoms with Gasteiger partial charge in [0.1, 0.15) is 11.6 Å². The van der Waals surface area contributed by atoms with Crippen molar-refractivity contribution in [2.45, 2.75) is 12.0 Å². The molecule has 0 aliphatic heterocycles. The van der Waals surface area contributed by atoms with Gasteiger partial charge in [0, 0.05) is 21.7 Å². The molecule has 0 radical (unpaired) electrons. The second kappa shape index (κ2) is 7.84. The van der Waals surface area contributed by atoms with E-state index in [-0.39, 0.29) is 68.6 Å². The predicted octanol–water partition coefficient (Wildman–Crippen LogP) is -3.13. The van der Waals surface area contributed by atoms with Crippen LogP contribution in [0, 0.1) is 11.6 Å². The van der Waals surface area contributed by atoms with Gasteiger partial charge in [-0.05, 0) is 34.9 Å². The first-order valence-electron chi connectivity index (χ1n) is 5.80. The standard InChI is InChI=1S/C14H12F2Si.2ClH.Zr/c15-8-4-5-9-10-2-1-3-13(16)14(10)12(7-17)11(9)6-8;;;/h1-6,12H,7H2,17H3;2*1H;/q;;;+2/p-2. The first-order valence-corrected chi connectivity index (χ1v) is 7.22. The van der Waals surface area contributed by atoms with Gasteiger partial charge in [0.25, 0.3) is 0 Å². The van der Waals surface area contributed by atoms with Crippen molar-refractivity contribution < 1.29 is 59.8 Å². The van der Waals surface area contributed by atoms with Gasteiger partial charge in [-0.2, -0.15) is 0 Å². The first kappa shape index (κ1) is 20.0. The summed E-state index contributed by atoms with van der Waals surface area (Å²) in [6, 6.07) is 10.8. The normalized spacial score (nSPS) is 14.4. The molecule has 0 heterocycles. The second-order valence-corrected chi connectivity index (χ2v) is 5.21. The van der Waals surface area contributed by atoms with Gasteiger partial charge in [-0.3, -0.25) is 0 Å². The van der Waals surface area contributed by atoms with Crippen LogP contribution in [-0.2, 0) is 26.2 Å². The summed E-state index contributed by atoms with van der Waals surface area (Å²) < 4.78 is 27.2. The zero-order valence-corrected chi connectivity index (χ0v) is 16.7. The van der Waals surface area contributed by atoms with E-state index < -0.39 is 0 Å². The van der Waals surface area contributed by atoms with Gasteiger partial charge in [0.15, 0.2) is 0 Å². The second-order valence-electron chi connectivity index (χ2n) is 4.39. The largest absolute Gasteiger partial charge is 2.00 e. The van der Waals surface area contributed by atoms with E-state index in [9.17, 15) is 8.78 Å². The Labute approximate surface area is 151 Å². The van der Waals surface area contributed by atoms with Crippen molar-refractivity contribution in [2.24, 2.45) is 0 Å². The van der Waals surface area contributed by atoms with Crippen LogP contribution in [0.15, 0.2) is 36.4 Å². The summed E-state index contributed by atoms with van der Waals surface area (Å²) in [4.78, 5) is 0. The van der Waals surface area contributed by atoms with Gasteiger partial charge >= 0.3 is 26.2 Å². The Morgan fingerprint density at radius 3 is 2.35 bits per heavy atom. The van der Waals surface area contributed by atoms with E-state index >= 15 is 0 Å². The molecule has 0 saturated heterocycles. The number of rotatable bonds is 1. The summed E-state index contributed by atoms with van der Waals surface area (Å²) in [7, 11) is 0.975. The van der Waals surface area contributed by atoms with E-state index in [0.717, 1.165) is 38.5 Å². The molecule has 20 heavy (non-hydrogen) atoms. The number of hydrogen-bond donors (Lipinski definition) is 0. The molecule has 0 nitrogen and oxygen atoms in total. The SMILES string of the molecule is Fc1ccc2c(c1)C(C[SiH3])c1c(F)cccc1-2.[Cl-].[Cl-].[Zr+2]. The van der Waals surface area contributed by atoms with Crippen molar-refractivity contribution >= 4 is 10.2 Å². The average Bonchev–Trinajstić information content (AvgIpc) is 2.63. The third kappa shape index (κ3) is 3.09. The molecule has 3 rings (SSSR count). The number of fused-ring (bicyclic) bond motifs is 3. The van der Waals surface area contributed by atoms with Crippen LogP contribution in [-0.4, -0.2) is 10.2 Å². The van der Waals surface area contributed by atoms with Gasteiger partial charge in [0.2, 0.25) is 0 Å². The fraction of sp³-hybridized carbons (Fsp3) is 0.143. The van der Waals surface area contributed by atoms with E-state index in [1.165, 1.54) is 12.1 Å². The molecule has 1 atom stereocenters. The van der Waals surface area contributed by atoms with E-state index in [1.807, 2.05) is 6.07 Å². The van der Waals surface area contributed by atoms with Crippen LogP contribution >= 0.6 is 0 Å². The molecule has 0 N–H and O–H groups in total. The topological polar surface area (TPSA) is 0 Å². The molecule has 0 bridgehead atoms. The molecule has 2 aromatic carbocycles. The van der Waals surface area contributed by atoms with Crippen LogP contribution in [0.25, 0.3) is 11.1 Å². The molecule has 1 unspecified atom stereocenters. The van der Waals surface area contributed by atoms with Gasteiger partial charge in [-0.25, -0.2) is 8.78 Å². The fourth-order valence-electron chi connectivity index (χ4n) is 2.77. The minimum absolute atomic E-state index is 0. The van der Waals surface area contributed by atoms with Crippen molar-refractivity contribution in [1.29, 1.82) is 0 Å². The molecule has 104 valence electrons. The molecule has 1 aliphatic carbocycles. The van der Waals surface area contributed by atoms with E-state index in [0.29, 0.717) is 0 Å². The summed E-state index contributed by atoms with van der Waals surface area (Å²) in [5.41, 5.74) is 3.62. The Hall–Kier alpha value is -0.0200. The number of hydrogen-bond acceptors (Lipinski definition) is 0. The van der Waals surface area contributed by atoms with Crippen LogP contribution in [0.2, 0.25) is 6.04 Å². The Bertz CT molecular complexity index is 608. The van der Waals surface area contributed by atoms with Crippen LogP contribution < -0.4 is 24.8 Å². The van der Waals surface area contributed by atoms with Crippen LogP contribution in [0.1, 0.15) is 17.0 Å². The molecule has 0 aromatic heterocycles. The van der Waals surface area contributed by atoms with Crippen LogP contribution in [0.5, 0.6) is 0 Å². The summed E-state index contributed by atoms with van der Waals surface area (Å²) in [6.07, 6.45) is 0. The Morgan fingerprint density at radius 1 is 1.00 bits per heavy atom. The predicted molar refractivity (Wildman–Crippen MR) is 68.4 cm³/mol. The minimum atomic E-state index is -0.239. The molecular formula is C14H12Cl2F2SiZr. The Balaban J connectivity index is 0.00000120. The van der Waals surface area contributed by atoms with E-state index in [4.69, 9.17) is 0 Å². The zero-order chi connectivity index (χ0) is 12.0. The molecule has 1 aliphatic rings. The molecule has 0 spiro atoms. The van der Waals surface area contributed by atoms with Gasteiger partial charge < -0.3 is 24.8 Å². The summed E-state index contributed by atoms with van der Waals surface area (Å²) >= 11 is 0. The molecule has 0 saturated carbocycles. The Morgan fingerprint density at radius 2 is 1.70 bits per heavy atom. The van der Waals surface area contributed by atoms with Gasteiger partial charge in [-0.15, -0.1) is 0 Å². The van der Waals surface area contributed by atoms with Crippen LogP contribution in [0.3, 0.4) is 0 Å². The van der Waals surface area contributed by atoms with E-state index in [1.54, 1.807) is 18.2 Å². The van der Waals surface area contributed by atoms with Crippen molar-refractivity contribution in [3.05, 3.63) is 59.2 Å². The van der Waals surface area contributed by atoms with Crippen molar-refractivity contribution in [3.8, 4) is 11.1 Å². The van der Waals surface area contributed by atoms with Crippen molar-refractivity contribution in [1.82, 2.24) is 0 Å². The number of benzene rings is 2. The summed E-state index contributed by atoms with van der Waals surface area (Å²) in [5.74, 6) is -0.361.